The molecule has 1 heteroatoms. The van der Waals surface area contributed by atoms with Crippen LogP contribution in [0, 0.1) is 17.8 Å². The molecule has 0 heterocycles. The van der Waals surface area contributed by atoms with Crippen LogP contribution >= 0.6 is 0 Å². The van der Waals surface area contributed by atoms with E-state index in [-0.39, 0.29) is 0 Å². The van der Waals surface area contributed by atoms with E-state index >= 15 is 0 Å². The molecular weight excluding hydrogens is 194 g/mol. The highest BCUT2D eigenvalue weighted by molar-refractivity contribution is 5.13. The predicted molar refractivity (Wildman–Crippen MR) is 68.3 cm³/mol. The third-order valence-electron chi connectivity index (χ3n) is 5.20. The minimum Gasteiger partial charge on any atom is -0.311 e. The summed E-state index contributed by atoms with van der Waals surface area (Å²) in [6.07, 6.45) is 15.0. The number of hydrogen-bond acceptors (Lipinski definition) is 1. The summed E-state index contributed by atoms with van der Waals surface area (Å²) in [7, 11) is 0. The first-order valence-electron chi connectivity index (χ1n) is 7.27. The average Bonchev–Trinajstić information content (AvgIpc) is 2.68. The van der Waals surface area contributed by atoms with Gasteiger partial charge in [0.05, 0.1) is 0 Å². The normalized spacial score (nSPS) is 40.4. The molecule has 4 atom stereocenters. The number of allylic oxidation sites excluding steroid dienone is 1. The Kier molecular flexibility index (Phi) is 3.06. The van der Waals surface area contributed by atoms with Crippen LogP contribution in [0.5, 0.6) is 0 Å². The van der Waals surface area contributed by atoms with Gasteiger partial charge in [0.2, 0.25) is 0 Å². The second-order valence-corrected chi connectivity index (χ2v) is 6.20. The van der Waals surface area contributed by atoms with E-state index in [1.54, 1.807) is 0 Å². The molecular formula is C15H25N. The molecule has 2 saturated carbocycles. The molecule has 0 aliphatic heterocycles. The van der Waals surface area contributed by atoms with Gasteiger partial charge in [0, 0.05) is 12.1 Å². The Morgan fingerprint density at radius 2 is 2.00 bits per heavy atom. The van der Waals surface area contributed by atoms with Crippen molar-refractivity contribution in [2.45, 2.75) is 64.0 Å². The van der Waals surface area contributed by atoms with Crippen molar-refractivity contribution < 1.29 is 0 Å². The summed E-state index contributed by atoms with van der Waals surface area (Å²) >= 11 is 0. The maximum absolute atomic E-state index is 3.91. The van der Waals surface area contributed by atoms with Crippen LogP contribution in [0.2, 0.25) is 0 Å². The maximum Gasteiger partial charge on any atom is 0.0138 e. The molecule has 0 radical (unpaired) electrons. The summed E-state index contributed by atoms with van der Waals surface area (Å²) in [4.78, 5) is 0. The zero-order valence-electron chi connectivity index (χ0n) is 10.5. The third kappa shape index (κ3) is 1.95. The molecule has 90 valence electrons. The summed E-state index contributed by atoms with van der Waals surface area (Å²) in [6.45, 7) is 2.42. The topological polar surface area (TPSA) is 12.0 Å². The molecule has 0 amide bonds. The van der Waals surface area contributed by atoms with Gasteiger partial charge in [0.15, 0.2) is 0 Å². The van der Waals surface area contributed by atoms with Gasteiger partial charge >= 0.3 is 0 Å². The standard InChI is InChI=1S/C15H25N/c1-11(12-6-3-2-4-7-12)16-15-10-13-8-5-9-14(13)15/h5,9,11-16H,2-4,6-8,10H2,1H3/t11-,13?,14?,15?/m1/s1. The van der Waals surface area contributed by atoms with Crippen LogP contribution < -0.4 is 5.32 Å². The van der Waals surface area contributed by atoms with Crippen molar-refractivity contribution in [1.29, 1.82) is 0 Å². The Labute approximate surface area is 99.7 Å². The monoisotopic (exact) mass is 219 g/mol. The SMILES string of the molecule is C[C@@H](NC1CC2CC=CC21)C1CCCCC1. The van der Waals surface area contributed by atoms with E-state index in [9.17, 15) is 0 Å². The van der Waals surface area contributed by atoms with Crippen LogP contribution in [0.15, 0.2) is 12.2 Å². The number of fused-ring (bicyclic) bond motifs is 1. The molecule has 3 unspecified atom stereocenters. The van der Waals surface area contributed by atoms with E-state index < -0.39 is 0 Å². The summed E-state index contributed by atoms with van der Waals surface area (Å²) in [6, 6.07) is 1.56. The van der Waals surface area contributed by atoms with E-state index in [0.717, 1.165) is 29.8 Å². The molecule has 16 heavy (non-hydrogen) atoms. The van der Waals surface area contributed by atoms with Crippen LogP contribution in [-0.4, -0.2) is 12.1 Å². The third-order valence-corrected chi connectivity index (χ3v) is 5.20. The molecule has 0 aromatic rings. The first kappa shape index (κ1) is 10.8. The van der Waals surface area contributed by atoms with E-state index in [1.807, 2.05) is 0 Å². The summed E-state index contributed by atoms with van der Waals surface area (Å²) in [5.74, 6) is 2.83. The first-order valence-corrected chi connectivity index (χ1v) is 7.27. The molecule has 0 aromatic heterocycles. The summed E-state index contributed by atoms with van der Waals surface area (Å²) < 4.78 is 0. The zero-order chi connectivity index (χ0) is 11.0. The lowest BCUT2D eigenvalue weighted by Crippen LogP contribution is -2.52. The fraction of sp³-hybridized carbons (Fsp3) is 0.867. The van der Waals surface area contributed by atoms with Crippen LogP contribution in [-0.2, 0) is 0 Å². The number of hydrogen-bond donors (Lipinski definition) is 1. The molecule has 1 nitrogen and oxygen atoms in total. The Hall–Kier alpha value is -0.300. The van der Waals surface area contributed by atoms with Crippen molar-refractivity contribution in [2.24, 2.45) is 17.8 Å². The fourth-order valence-corrected chi connectivity index (χ4v) is 4.02. The zero-order valence-corrected chi connectivity index (χ0v) is 10.5. The minimum absolute atomic E-state index is 0.750. The quantitative estimate of drug-likeness (QED) is 0.716. The Bertz CT molecular complexity index is 265. The summed E-state index contributed by atoms with van der Waals surface area (Å²) in [5.41, 5.74) is 0. The van der Waals surface area contributed by atoms with Crippen molar-refractivity contribution in [3.05, 3.63) is 12.2 Å². The first-order chi connectivity index (χ1) is 7.84. The molecule has 0 aromatic carbocycles. The molecule has 3 aliphatic carbocycles. The lowest BCUT2D eigenvalue weighted by atomic mass is 9.70. The number of nitrogens with one attached hydrogen (secondary N) is 1. The Morgan fingerprint density at radius 1 is 1.19 bits per heavy atom. The van der Waals surface area contributed by atoms with Gasteiger partial charge in [0.1, 0.15) is 0 Å². The second kappa shape index (κ2) is 4.52. The van der Waals surface area contributed by atoms with Crippen molar-refractivity contribution in [3.63, 3.8) is 0 Å². The molecule has 0 spiro atoms. The van der Waals surface area contributed by atoms with Gasteiger partial charge in [-0.2, -0.15) is 0 Å². The Balaban J connectivity index is 1.49. The lowest BCUT2D eigenvalue weighted by molar-refractivity contribution is 0.132. The lowest BCUT2D eigenvalue weighted by Gasteiger charge is -2.44. The van der Waals surface area contributed by atoms with E-state index in [2.05, 4.69) is 24.4 Å². The average molecular weight is 219 g/mol. The molecule has 0 bridgehead atoms. The molecule has 3 rings (SSSR count). The highest BCUT2D eigenvalue weighted by Crippen LogP contribution is 2.43. The van der Waals surface area contributed by atoms with Gasteiger partial charge in [-0.25, -0.2) is 0 Å². The van der Waals surface area contributed by atoms with Crippen LogP contribution in [0.25, 0.3) is 0 Å². The van der Waals surface area contributed by atoms with Crippen molar-refractivity contribution >= 4 is 0 Å². The number of rotatable bonds is 3. The van der Waals surface area contributed by atoms with E-state index in [4.69, 9.17) is 0 Å². The molecule has 1 N–H and O–H groups in total. The summed E-state index contributed by atoms with van der Waals surface area (Å²) in [5, 5.41) is 3.91. The molecule has 2 fully saturated rings. The fourth-order valence-electron chi connectivity index (χ4n) is 4.02. The van der Waals surface area contributed by atoms with Gasteiger partial charge in [-0.05, 0) is 50.4 Å². The maximum atomic E-state index is 3.91. The van der Waals surface area contributed by atoms with Gasteiger partial charge in [-0.1, -0.05) is 31.4 Å². The van der Waals surface area contributed by atoms with Gasteiger partial charge in [0.25, 0.3) is 0 Å². The molecule has 0 saturated heterocycles. The highest BCUT2D eigenvalue weighted by Gasteiger charge is 2.41. The van der Waals surface area contributed by atoms with Crippen molar-refractivity contribution in [2.75, 3.05) is 0 Å². The van der Waals surface area contributed by atoms with E-state index in [1.165, 1.54) is 44.9 Å². The smallest absolute Gasteiger partial charge is 0.0138 e. The van der Waals surface area contributed by atoms with Gasteiger partial charge in [-0.15, -0.1) is 0 Å². The van der Waals surface area contributed by atoms with Crippen LogP contribution in [0.1, 0.15) is 51.9 Å². The minimum atomic E-state index is 0.750. The van der Waals surface area contributed by atoms with Gasteiger partial charge in [-0.3, -0.25) is 0 Å². The largest absolute Gasteiger partial charge is 0.311 e. The van der Waals surface area contributed by atoms with Gasteiger partial charge < -0.3 is 5.32 Å². The molecule has 3 aliphatic rings. The van der Waals surface area contributed by atoms with Crippen molar-refractivity contribution in [3.8, 4) is 0 Å². The van der Waals surface area contributed by atoms with Crippen LogP contribution in [0.4, 0.5) is 0 Å². The highest BCUT2D eigenvalue weighted by atomic mass is 15.0. The van der Waals surface area contributed by atoms with Crippen LogP contribution in [0.3, 0.4) is 0 Å². The Morgan fingerprint density at radius 3 is 2.75 bits per heavy atom. The predicted octanol–water partition coefficient (Wildman–Crippen LogP) is 3.51. The van der Waals surface area contributed by atoms with Crippen molar-refractivity contribution in [1.82, 2.24) is 5.32 Å². The van der Waals surface area contributed by atoms with E-state index in [0.29, 0.717) is 0 Å². The second-order valence-electron chi connectivity index (χ2n) is 6.20.